The van der Waals surface area contributed by atoms with Gasteiger partial charge in [-0.05, 0) is 12.8 Å². The molecule has 1 aromatic heterocycles. The smallest absolute Gasteiger partial charge is 0.215 e. The number of hydrogen-bond donors (Lipinski definition) is 2. The van der Waals surface area contributed by atoms with Crippen molar-refractivity contribution in [3.63, 3.8) is 0 Å². The monoisotopic (exact) mass is 260 g/mol. The molecule has 0 aliphatic rings. The molecule has 0 saturated carbocycles. The third kappa shape index (κ3) is 4.45. The predicted molar refractivity (Wildman–Crippen MR) is 66.9 cm³/mol. The molecule has 0 aliphatic heterocycles. The molecule has 98 valence electrons. The van der Waals surface area contributed by atoms with Gasteiger partial charge in [-0.1, -0.05) is 6.92 Å². The van der Waals surface area contributed by atoms with Crippen LogP contribution >= 0.6 is 0 Å². The van der Waals surface area contributed by atoms with E-state index in [1.54, 1.807) is 12.5 Å². The van der Waals surface area contributed by atoms with Crippen LogP contribution in [0.4, 0.5) is 0 Å². The van der Waals surface area contributed by atoms with Crippen molar-refractivity contribution >= 4 is 10.0 Å². The van der Waals surface area contributed by atoms with Crippen LogP contribution in [0.1, 0.15) is 19.8 Å². The van der Waals surface area contributed by atoms with Crippen molar-refractivity contribution in [2.45, 2.75) is 31.6 Å². The van der Waals surface area contributed by atoms with E-state index >= 15 is 0 Å². The first-order valence-electron chi connectivity index (χ1n) is 5.74. The second-order valence-corrected chi connectivity index (χ2v) is 5.90. The van der Waals surface area contributed by atoms with Crippen LogP contribution in [0, 0.1) is 0 Å². The predicted octanol–water partition coefficient (Wildman–Crippen LogP) is -0.0701. The Morgan fingerprint density at radius 3 is 2.82 bits per heavy atom. The van der Waals surface area contributed by atoms with Gasteiger partial charge in [-0.25, -0.2) is 18.1 Å². The Kier molecular flexibility index (Phi) is 5.60. The minimum atomic E-state index is -3.26. The number of rotatable bonds is 8. The molecule has 1 aromatic rings. The first kappa shape index (κ1) is 14.1. The fraction of sp³-hybridized carbons (Fsp3) is 0.700. The molecule has 0 fully saturated rings. The number of hydrogen-bond acceptors (Lipinski definition) is 4. The number of aromatic nitrogens is 2. The lowest BCUT2D eigenvalue weighted by molar-refractivity contribution is 0.552. The number of nitrogens with one attached hydrogen (secondary N) is 1. The van der Waals surface area contributed by atoms with E-state index in [1.807, 2.05) is 17.7 Å². The molecule has 7 heteroatoms. The Hall–Kier alpha value is -0.920. The summed E-state index contributed by atoms with van der Waals surface area (Å²) in [6.45, 7) is 3.16. The zero-order valence-corrected chi connectivity index (χ0v) is 10.9. The Bertz CT molecular complexity index is 398. The number of aryl methyl sites for hydroxylation is 1. The van der Waals surface area contributed by atoms with E-state index in [0.29, 0.717) is 13.0 Å². The van der Waals surface area contributed by atoms with Crippen molar-refractivity contribution in [3.05, 3.63) is 18.7 Å². The maximum absolute atomic E-state index is 11.7. The van der Waals surface area contributed by atoms with E-state index in [4.69, 9.17) is 5.73 Å². The van der Waals surface area contributed by atoms with Crippen LogP contribution in [0.15, 0.2) is 18.7 Å². The molecule has 0 bridgehead atoms. The quantitative estimate of drug-likeness (QED) is 0.640. The third-order valence-corrected chi connectivity index (χ3v) is 4.62. The second-order valence-electron chi connectivity index (χ2n) is 3.86. The lowest BCUT2D eigenvalue weighted by atomic mass is 10.3. The van der Waals surface area contributed by atoms with E-state index in [2.05, 4.69) is 9.71 Å². The highest BCUT2D eigenvalue weighted by atomic mass is 32.2. The van der Waals surface area contributed by atoms with E-state index in [0.717, 1.165) is 13.0 Å². The van der Waals surface area contributed by atoms with Crippen LogP contribution in [0.3, 0.4) is 0 Å². The van der Waals surface area contributed by atoms with Gasteiger partial charge in [-0.2, -0.15) is 0 Å². The Morgan fingerprint density at radius 2 is 2.29 bits per heavy atom. The molecule has 0 amide bonds. The van der Waals surface area contributed by atoms with Gasteiger partial charge in [-0.3, -0.25) is 0 Å². The molecule has 1 unspecified atom stereocenters. The highest BCUT2D eigenvalue weighted by Gasteiger charge is 2.20. The van der Waals surface area contributed by atoms with Crippen LogP contribution in [0.25, 0.3) is 0 Å². The molecule has 0 aromatic carbocycles. The van der Waals surface area contributed by atoms with E-state index in [1.165, 1.54) is 0 Å². The van der Waals surface area contributed by atoms with Gasteiger partial charge < -0.3 is 10.3 Å². The van der Waals surface area contributed by atoms with Crippen LogP contribution in [0.5, 0.6) is 0 Å². The van der Waals surface area contributed by atoms with Gasteiger partial charge in [-0.15, -0.1) is 0 Å². The molecule has 1 rings (SSSR count). The summed E-state index contributed by atoms with van der Waals surface area (Å²) in [5.74, 6) is 0. The van der Waals surface area contributed by atoms with Crippen molar-refractivity contribution < 1.29 is 8.42 Å². The molecule has 1 heterocycles. The number of nitrogens with two attached hydrogens (primary N) is 1. The number of imidazole rings is 1. The summed E-state index contributed by atoms with van der Waals surface area (Å²) in [6.07, 6.45) is 6.53. The van der Waals surface area contributed by atoms with Crippen molar-refractivity contribution in [2.24, 2.45) is 5.73 Å². The zero-order valence-electron chi connectivity index (χ0n) is 10.0. The Morgan fingerprint density at radius 1 is 1.53 bits per heavy atom. The SMILES string of the molecule is CCC(CN)S(=O)(=O)NCCCn1ccnc1. The molecule has 0 aliphatic carbocycles. The lowest BCUT2D eigenvalue weighted by Gasteiger charge is -2.14. The van der Waals surface area contributed by atoms with Gasteiger partial charge in [0.15, 0.2) is 0 Å². The third-order valence-electron chi connectivity index (χ3n) is 2.61. The minimum absolute atomic E-state index is 0.160. The van der Waals surface area contributed by atoms with Crippen LogP contribution in [-0.2, 0) is 16.6 Å². The molecule has 17 heavy (non-hydrogen) atoms. The average molecular weight is 260 g/mol. The summed E-state index contributed by atoms with van der Waals surface area (Å²) < 4.78 is 28.0. The van der Waals surface area contributed by atoms with Gasteiger partial charge in [0.1, 0.15) is 0 Å². The van der Waals surface area contributed by atoms with Crippen LogP contribution < -0.4 is 10.5 Å². The van der Waals surface area contributed by atoms with Crippen molar-refractivity contribution in [1.82, 2.24) is 14.3 Å². The topological polar surface area (TPSA) is 90.0 Å². The molecule has 3 N–H and O–H groups in total. The van der Waals surface area contributed by atoms with E-state index < -0.39 is 15.3 Å². The van der Waals surface area contributed by atoms with Gasteiger partial charge in [0, 0.05) is 32.0 Å². The summed E-state index contributed by atoms with van der Waals surface area (Å²) in [5.41, 5.74) is 5.42. The summed E-state index contributed by atoms with van der Waals surface area (Å²) >= 11 is 0. The first-order chi connectivity index (χ1) is 8.10. The van der Waals surface area contributed by atoms with Crippen LogP contribution in [0.2, 0.25) is 0 Å². The lowest BCUT2D eigenvalue weighted by Crippen LogP contribution is -2.39. The van der Waals surface area contributed by atoms with Gasteiger partial charge in [0.25, 0.3) is 0 Å². The molecule has 1 atom stereocenters. The van der Waals surface area contributed by atoms with Crippen molar-refractivity contribution in [3.8, 4) is 0 Å². The van der Waals surface area contributed by atoms with Gasteiger partial charge >= 0.3 is 0 Å². The Labute approximate surface area is 102 Å². The van der Waals surface area contributed by atoms with Crippen molar-refractivity contribution in [1.29, 1.82) is 0 Å². The molecule has 6 nitrogen and oxygen atoms in total. The number of sulfonamides is 1. The molecule has 0 radical (unpaired) electrons. The maximum Gasteiger partial charge on any atom is 0.215 e. The highest BCUT2D eigenvalue weighted by Crippen LogP contribution is 2.02. The Balaban J connectivity index is 2.30. The maximum atomic E-state index is 11.7. The normalized spacial score (nSPS) is 13.8. The van der Waals surface area contributed by atoms with E-state index in [-0.39, 0.29) is 6.54 Å². The largest absolute Gasteiger partial charge is 0.337 e. The van der Waals surface area contributed by atoms with Gasteiger partial charge in [0.2, 0.25) is 10.0 Å². The molecule has 0 spiro atoms. The molecular weight excluding hydrogens is 240 g/mol. The molecule has 0 saturated heterocycles. The van der Waals surface area contributed by atoms with Crippen LogP contribution in [-0.4, -0.2) is 36.3 Å². The summed E-state index contributed by atoms with van der Waals surface area (Å²) in [4.78, 5) is 3.91. The standard InChI is InChI=1S/C10H20N4O2S/c1-2-10(8-11)17(15,16)13-4-3-6-14-7-5-12-9-14/h5,7,9-10,13H,2-4,6,8,11H2,1H3. The van der Waals surface area contributed by atoms with Crippen molar-refractivity contribution in [2.75, 3.05) is 13.1 Å². The average Bonchev–Trinajstić information content (AvgIpc) is 2.78. The molecular formula is C10H20N4O2S. The summed E-state index contributed by atoms with van der Waals surface area (Å²) in [6, 6.07) is 0. The summed E-state index contributed by atoms with van der Waals surface area (Å²) in [7, 11) is -3.26. The highest BCUT2D eigenvalue weighted by molar-refractivity contribution is 7.90. The fourth-order valence-electron chi connectivity index (χ4n) is 1.53. The first-order valence-corrected chi connectivity index (χ1v) is 7.29. The van der Waals surface area contributed by atoms with E-state index in [9.17, 15) is 8.42 Å². The zero-order chi connectivity index (χ0) is 12.7. The minimum Gasteiger partial charge on any atom is -0.337 e. The number of nitrogens with zero attached hydrogens (tertiary/aromatic N) is 2. The second kappa shape index (κ2) is 6.73. The van der Waals surface area contributed by atoms with Gasteiger partial charge in [0.05, 0.1) is 11.6 Å². The summed E-state index contributed by atoms with van der Waals surface area (Å²) in [5, 5.41) is -0.490. The fourth-order valence-corrected chi connectivity index (χ4v) is 2.88.